The first-order chi connectivity index (χ1) is 11.6. The second-order valence-electron chi connectivity index (χ2n) is 6.48. The predicted octanol–water partition coefficient (Wildman–Crippen LogP) is 2.84. The minimum atomic E-state index is -0.197. The Morgan fingerprint density at radius 3 is 2.88 bits per heavy atom. The quantitative estimate of drug-likeness (QED) is 0.833. The number of hydrogen-bond donors (Lipinski definition) is 0. The Kier molecular flexibility index (Phi) is 4.02. The summed E-state index contributed by atoms with van der Waals surface area (Å²) in [5.41, 5.74) is 0.772. The number of halogens is 1. The lowest BCUT2D eigenvalue weighted by Gasteiger charge is -2.22. The van der Waals surface area contributed by atoms with Gasteiger partial charge in [-0.1, -0.05) is 28.9 Å². The molecule has 2 aromatic rings. The van der Waals surface area contributed by atoms with Gasteiger partial charge in [-0.25, -0.2) is 0 Å². The van der Waals surface area contributed by atoms with Gasteiger partial charge in [0.25, 0.3) is 0 Å². The summed E-state index contributed by atoms with van der Waals surface area (Å²) < 4.78 is 5.31. The van der Waals surface area contributed by atoms with Crippen LogP contribution in [-0.4, -0.2) is 40.6 Å². The first-order valence-corrected chi connectivity index (χ1v) is 8.60. The van der Waals surface area contributed by atoms with Crippen molar-refractivity contribution in [3.63, 3.8) is 0 Å². The van der Waals surface area contributed by atoms with E-state index < -0.39 is 0 Å². The van der Waals surface area contributed by atoms with Crippen LogP contribution in [0.3, 0.4) is 0 Å². The molecule has 6 nitrogen and oxygen atoms in total. The van der Waals surface area contributed by atoms with Gasteiger partial charge in [0.1, 0.15) is 0 Å². The van der Waals surface area contributed by atoms with E-state index in [9.17, 15) is 4.79 Å². The van der Waals surface area contributed by atoms with E-state index in [0.717, 1.165) is 30.8 Å². The van der Waals surface area contributed by atoms with E-state index in [1.54, 1.807) is 11.0 Å². The van der Waals surface area contributed by atoms with Crippen LogP contribution < -0.4 is 4.90 Å². The van der Waals surface area contributed by atoms with E-state index in [4.69, 9.17) is 16.1 Å². The molecule has 0 bridgehead atoms. The second-order valence-corrected chi connectivity index (χ2v) is 6.89. The molecule has 1 amide bonds. The SMILES string of the molecule is CN(Cc1nc(C2CC2)no1)C1CCN(c2ccccc2Cl)C1=O. The van der Waals surface area contributed by atoms with Crippen LogP contribution in [0.15, 0.2) is 28.8 Å². The molecule has 2 heterocycles. The molecule has 1 saturated carbocycles. The summed E-state index contributed by atoms with van der Waals surface area (Å²) in [5, 5.41) is 4.62. The maximum Gasteiger partial charge on any atom is 0.244 e. The fraction of sp³-hybridized carbons (Fsp3) is 0.471. The maximum absolute atomic E-state index is 12.8. The molecule has 1 aromatic carbocycles. The van der Waals surface area contributed by atoms with Gasteiger partial charge in [-0.3, -0.25) is 9.69 Å². The standard InChI is InChI=1S/C17H19ClN4O2/c1-21(10-15-19-16(20-24-15)11-6-7-11)14-8-9-22(17(14)23)13-5-3-2-4-12(13)18/h2-5,11,14H,6-10H2,1H3. The lowest BCUT2D eigenvalue weighted by atomic mass is 10.2. The Morgan fingerprint density at radius 2 is 2.12 bits per heavy atom. The van der Waals surface area contributed by atoms with Gasteiger partial charge >= 0.3 is 0 Å². The number of amides is 1. The van der Waals surface area contributed by atoms with E-state index in [0.29, 0.717) is 29.9 Å². The monoisotopic (exact) mass is 346 g/mol. The molecular formula is C17H19ClN4O2. The van der Waals surface area contributed by atoms with Crippen LogP contribution in [0.5, 0.6) is 0 Å². The van der Waals surface area contributed by atoms with Crippen LogP contribution in [0.25, 0.3) is 0 Å². The zero-order valence-electron chi connectivity index (χ0n) is 13.5. The number of aromatic nitrogens is 2. The minimum Gasteiger partial charge on any atom is -0.338 e. The molecule has 1 unspecified atom stereocenters. The van der Waals surface area contributed by atoms with Crippen molar-refractivity contribution in [3.05, 3.63) is 41.0 Å². The highest BCUT2D eigenvalue weighted by Gasteiger charge is 2.36. The third-order valence-electron chi connectivity index (χ3n) is 4.66. The largest absolute Gasteiger partial charge is 0.338 e. The van der Waals surface area contributed by atoms with Crippen LogP contribution in [0.4, 0.5) is 5.69 Å². The van der Waals surface area contributed by atoms with Crippen molar-refractivity contribution in [1.82, 2.24) is 15.0 Å². The van der Waals surface area contributed by atoms with Gasteiger partial charge in [-0.2, -0.15) is 4.98 Å². The van der Waals surface area contributed by atoms with Gasteiger partial charge in [-0.05, 0) is 38.4 Å². The molecule has 4 rings (SSSR count). The Labute approximate surface area is 145 Å². The smallest absolute Gasteiger partial charge is 0.244 e. The number of rotatable bonds is 5. The van der Waals surface area contributed by atoms with E-state index >= 15 is 0 Å². The Morgan fingerprint density at radius 1 is 1.33 bits per heavy atom. The van der Waals surface area contributed by atoms with Crippen molar-refractivity contribution in [3.8, 4) is 0 Å². The van der Waals surface area contributed by atoms with Crippen molar-refractivity contribution in [2.24, 2.45) is 0 Å². The van der Waals surface area contributed by atoms with Gasteiger partial charge in [0.05, 0.1) is 23.3 Å². The van der Waals surface area contributed by atoms with Gasteiger partial charge in [0.15, 0.2) is 5.82 Å². The highest BCUT2D eigenvalue weighted by molar-refractivity contribution is 6.33. The van der Waals surface area contributed by atoms with E-state index in [1.165, 1.54) is 0 Å². The van der Waals surface area contributed by atoms with Crippen molar-refractivity contribution in [1.29, 1.82) is 0 Å². The van der Waals surface area contributed by atoms with E-state index in [1.807, 2.05) is 30.1 Å². The van der Waals surface area contributed by atoms with Crippen LogP contribution in [0, 0.1) is 0 Å². The summed E-state index contributed by atoms with van der Waals surface area (Å²) in [6, 6.07) is 7.24. The number of para-hydroxylation sites is 1. The third-order valence-corrected chi connectivity index (χ3v) is 4.98. The van der Waals surface area contributed by atoms with Crippen LogP contribution in [-0.2, 0) is 11.3 Å². The van der Waals surface area contributed by atoms with Crippen molar-refractivity contribution >= 4 is 23.2 Å². The molecule has 24 heavy (non-hydrogen) atoms. The number of carbonyl (C=O) groups excluding carboxylic acids is 1. The molecule has 2 fully saturated rings. The fourth-order valence-electron chi connectivity index (χ4n) is 3.15. The zero-order chi connectivity index (χ0) is 16.7. The number of anilines is 1. The van der Waals surface area contributed by atoms with Crippen LogP contribution in [0.2, 0.25) is 5.02 Å². The molecule has 1 atom stereocenters. The fourth-order valence-corrected chi connectivity index (χ4v) is 3.38. The van der Waals surface area contributed by atoms with Crippen molar-refractivity contribution in [2.45, 2.75) is 37.8 Å². The van der Waals surface area contributed by atoms with E-state index in [-0.39, 0.29) is 11.9 Å². The third kappa shape index (κ3) is 2.91. The summed E-state index contributed by atoms with van der Waals surface area (Å²) in [6.07, 6.45) is 3.04. The lowest BCUT2D eigenvalue weighted by Crippen LogP contribution is -2.39. The van der Waals surface area contributed by atoms with E-state index in [2.05, 4.69) is 10.1 Å². The molecule has 0 spiro atoms. The number of likely N-dealkylation sites (N-methyl/N-ethyl adjacent to an activating group) is 1. The van der Waals surface area contributed by atoms with Crippen LogP contribution in [0.1, 0.15) is 36.9 Å². The van der Waals surface area contributed by atoms with Crippen molar-refractivity contribution in [2.75, 3.05) is 18.5 Å². The molecule has 2 aliphatic rings. The second kappa shape index (κ2) is 6.18. The first kappa shape index (κ1) is 15.6. The first-order valence-electron chi connectivity index (χ1n) is 8.22. The molecule has 0 radical (unpaired) electrons. The summed E-state index contributed by atoms with van der Waals surface area (Å²) in [7, 11) is 1.92. The highest BCUT2D eigenvalue weighted by Crippen LogP contribution is 2.38. The molecule has 1 aliphatic carbocycles. The van der Waals surface area contributed by atoms with Gasteiger partial charge in [0.2, 0.25) is 11.8 Å². The topological polar surface area (TPSA) is 62.5 Å². The molecular weight excluding hydrogens is 328 g/mol. The molecule has 0 N–H and O–H groups in total. The van der Waals surface area contributed by atoms with Crippen molar-refractivity contribution < 1.29 is 9.32 Å². The average molecular weight is 347 g/mol. The molecule has 1 aliphatic heterocycles. The summed E-state index contributed by atoms with van der Waals surface area (Å²) in [6.45, 7) is 1.14. The predicted molar refractivity (Wildman–Crippen MR) is 90.0 cm³/mol. The average Bonchev–Trinajstić information content (AvgIpc) is 3.20. The molecule has 126 valence electrons. The Bertz CT molecular complexity index is 759. The summed E-state index contributed by atoms with van der Waals surface area (Å²) in [4.78, 5) is 20.9. The highest BCUT2D eigenvalue weighted by atomic mass is 35.5. The summed E-state index contributed by atoms with van der Waals surface area (Å²) >= 11 is 6.22. The minimum absolute atomic E-state index is 0.0625. The maximum atomic E-state index is 12.8. The number of hydrogen-bond acceptors (Lipinski definition) is 5. The lowest BCUT2D eigenvalue weighted by molar-refractivity contribution is -0.121. The van der Waals surface area contributed by atoms with Gasteiger partial charge in [-0.15, -0.1) is 0 Å². The molecule has 1 aromatic heterocycles. The number of nitrogens with zero attached hydrogens (tertiary/aromatic N) is 4. The zero-order valence-corrected chi connectivity index (χ0v) is 14.2. The molecule has 7 heteroatoms. The van der Waals surface area contributed by atoms with Gasteiger partial charge in [0, 0.05) is 12.5 Å². The normalized spacial score (nSPS) is 21.0. The Hall–Kier alpha value is -1.92. The number of carbonyl (C=O) groups is 1. The summed E-state index contributed by atoms with van der Waals surface area (Å²) in [5.74, 6) is 1.90. The Balaban J connectivity index is 1.44. The van der Waals surface area contributed by atoms with Crippen LogP contribution >= 0.6 is 11.6 Å². The molecule has 1 saturated heterocycles. The number of benzene rings is 1. The van der Waals surface area contributed by atoms with Gasteiger partial charge < -0.3 is 9.42 Å².